The molecule has 2 rings (SSSR count). The van der Waals surface area contributed by atoms with Crippen molar-refractivity contribution in [1.82, 2.24) is 9.80 Å². The first-order chi connectivity index (χ1) is 14.5. The molecule has 31 heavy (non-hydrogen) atoms. The van der Waals surface area contributed by atoms with E-state index in [4.69, 9.17) is 4.74 Å². The van der Waals surface area contributed by atoms with Gasteiger partial charge < -0.3 is 9.47 Å². The van der Waals surface area contributed by atoms with Crippen LogP contribution in [0.25, 0.3) is 0 Å². The lowest BCUT2D eigenvalue weighted by Crippen LogP contribution is -2.42. The number of urea groups is 1. The van der Waals surface area contributed by atoms with Crippen molar-refractivity contribution in [1.29, 1.82) is 0 Å². The van der Waals surface area contributed by atoms with E-state index in [1.807, 2.05) is 33.8 Å². The first-order valence-corrected chi connectivity index (χ1v) is 10.0. The molecule has 0 bridgehead atoms. The van der Waals surface area contributed by atoms with Gasteiger partial charge in [0.1, 0.15) is 17.3 Å². The Balaban J connectivity index is 2.48. The van der Waals surface area contributed by atoms with Crippen LogP contribution in [0.5, 0.6) is 11.5 Å². The first-order valence-electron chi connectivity index (χ1n) is 10.0. The zero-order valence-corrected chi connectivity index (χ0v) is 18.6. The summed E-state index contributed by atoms with van der Waals surface area (Å²) in [6.07, 6.45) is -1.43. The molecule has 6 nitrogen and oxygen atoms in total. The van der Waals surface area contributed by atoms with Gasteiger partial charge in [-0.3, -0.25) is 9.80 Å². The van der Waals surface area contributed by atoms with Crippen molar-refractivity contribution in [2.24, 2.45) is 10.9 Å². The molecule has 1 aromatic rings. The van der Waals surface area contributed by atoms with Gasteiger partial charge in [-0.25, -0.2) is 4.79 Å². The van der Waals surface area contributed by atoms with Gasteiger partial charge in [-0.1, -0.05) is 32.9 Å². The molecular weight excluding hydrogens is 411 g/mol. The van der Waals surface area contributed by atoms with Gasteiger partial charge in [0, 0.05) is 37.3 Å². The molecule has 0 saturated carbocycles. The van der Waals surface area contributed by atoms with Crippen LogP contribution in [0.3, 0.4) is 0 Å². The van der Waals surface area contributed by atoms with Crippen molar-refractivity contribution in [3.8, 4) is 11.5 Å². The molecule has 0 spiro atoms. The summed E-state index contributed by atoms with van der Waals surface area (Å²) < 4.78 is 47.5. The van der Waals surface area contributed by atoms with Crippen LogP contribution in [-0.4, -0.2) is 42.2 Å². The van der Waals surface area contributed by atoms with E-state index >= 15 is 0 Å². The summed E-state index contributed by atoms with van der Waals surface area (Å²) in [7, 11) is 3.32. The highest BCUT2D eigenvalue weighted by molar-refractivity contribution is 5.85. The van der Waals surface area contributed by atoms with E-state index in [0.717, 1.165) is 23.8 Å². The SMILES string of the molecule is CC/C=C1/C(C)=C(N=C(Oc2cccc(OC(F)(F)F)c2)C(C)CC)N(C)C(=O)N1C. The number of hydrogen-bond donors (Lipinski definition) is 0. The number of alkyl halides is 3. The van der Waals surface area contributed by atoms with Crippen LogP contribution in [0, 0.1) is 5.92 Å². The Hall–Kier alpha value is -2.97. The molecule has 0 radical (unpaired) electrons. The predicted octanol–water partition coefficient (Wildman–Crippen LogP) is 5.93. The molecule has 9 heteroatoms. The topological polar surface area (TPSA) is 54.4 Å². The van der Waals surface area contributed by atoms with Crippen LogP contribution in [0.4, 0.5) is 18.0 Å². The van der Waals surface area contributed by atoms with Gasteiger partial charge in [0.25, 0.3) is 0 Å². The van der Waals surface area contributed by atoms with Crippen LogP contribution in [-0.2, 0) is 0 Å². The zero-order chi connectivity index (χ0) is 23.3. The molecule has 170 valence electrons. The Kier molecular flexibility index (Phi) is 7.75. The fourth-order valence-electron chi connectivity index (χ4n) is 3.05. The Morgan fingerprint density at radius 2 is 1.84 bits per heavy atom. The zero-order valence-electron chi connectivity index (χ0n) is 18.6. The Labute approximate surface area is 180 Å². The van der Waals surface area contributed by atoms with E-state index in [2.05, 4.69) is 9.73 Å². The molecule has 1 heterocycles. The molecule has 1 aliphatic heterocycles. The number of carbonyl (C=O) groups is 1. The molecule has 0 aromatic heterocycles. The van der Waals surface area contributed by atoms with E-state index in [0.29, 0.717) is 18.1 Å². The number of aliphatic imine (C=N–C) groups is 1. The van der Waals surface area contributed by atoms with Crippen molar-refractivity contribution in [3.63, 3.8) is 0 Å². The molecule has 0 N–H and O–H groups in total. The van der Waals surface area contributed by atoms with Gasteiger partial charge in [0.2, 0.25) is 0 Å². The maximum Gasteiger partial charge on any atom is 0.573 e. The van der Waals surface area contributed by atoms with Gasteiger partial charge in [-0.2, -0.15) is 4.99 Å². The standard InChI is InChI=1S/C22H28F3N3O3/c1-7-10-18-15(4)19(28(6)21(29)27(18)5)26-20(14(3)8-2)30-16-11-9-12-17(13-16)31-22(23,24)25/h9-14H,7-8H2,1-6H3/b18-10-,26-20?. The molecule has 1 unspecified atom stereocenters. The minimum Gasteiger partial charge on any atom is -0.442 e. The highest BCUT2D eigenvalue weighted by atomic mass is 19.4. The van der Waals surface area contributed by atoms with Gasteiger partial charge >= 0.3 is 12.4 Å². The lowest BCUT2D eigenvalue weighted by molar-refractivity contribution is -0.274. The fraction of sp³-hybridized carbons (Fsp3) is 0.455. The number of benzene rings is 1. The van der Waals surface area contributed by atoms with Crippen molar-refractivity contribution in [2.75, 3.05) is 14.1 Å². The summed E-state index contributed by atoms with van der Waals surface area (Å²) in [6, 6.07) is 5.03. The number of allylic oxidation sites excluding steroid dienone is 2. The van der Waals surface area contributed by atoms with Gasteiger partial charge in [-0.05, 0) is 31.9 Å². The van der Waals surface area contributed by atoms with Crippen molar-refractivity contribution in [2.45, 2.75) is 46.9 Å². The number of halogens is 3. The Bertz CT molecular complexity index is 907. The fourth-order valence-corrected chi connectivity index (χ4v) is 3.05. The minimum absolute atomic E-state index is 0.144. The molecule has 1 atom stereocenters. The number of rotatable bonds is 6. The summed E-state index contributed by atoms with van der Waals surface area (Å²) in [5.74, 6) is 0.352. The largest absolute Gasteiger partial charge is 0.573 e. The maximum absolute atomic E-state index is 12.7. The second-order valence-electron chi connectivity index (χ2n) is 7.23. The van der Waals surface area contributed by atoms with E-state index in [1.54, 1.807) is 19.0 Å². The smallest absolute Gasteiger partial charge is 0.442 e. The summed E-state index contributed by atoms with van der Waals surface area (Å²) in [4.78, 5) is 20.3. The molecule has 2 amide bonds. The lowest BCUT2D eigenvalue weighted by atomic mass is 10.1. The van der Waals surface area contributed by atoms with Crippen LogP contribution < -0.4 is 9.47 Å². The monoisotopic (exact) mass is 439 g/mol. The first kappa shape index (κ1) is 24.3. The number of carbonyl (C=O) groups excluding carboxylic acids is 1. The average Bonchev–Trinajstić information content (AvgIpc) is 2.70. The third kappa shape index (κ3) is 6.02. The van der Waals surface area contributed by atoms with Gasteiger partial charge in [-0.15, -0.1) is 13.2 Å². The van der Waals surface area contributed by atoms with E-state index in [9.17, 15) is 18.0 Å². The maximum atomic E-state index is 12.7. The highest BCUT2D eigenvalue weighted by Gasteiger charge is 2.32. The van der Waals surface area contributed by atoms with E-state index in [-0.39, 0.29) is 23.4 Å². The second kappa shape index (κ2) is 9.89. The van der Waals surface area contributed by atoms with Gasteiger partial charge in [0.05, 0.1) is 0 Å². The molecular formula is C22H28F3N3O3. The molecule has 0 aliphatic carbocycles. The molecule has 0 saturated heterocycles. The summed E-state index contributed by atoms with van der Waals surface area (Å²) >= 11 is 0. The predicted molar refractivity (Wildman–Crippen MR) is 113 cm³/mol. The van der Waals surface area contributed by atoms with Gasteiger partial charge in [0.15, 0.2) is 5.90 Å². The average molecular weight is 439 g/mol. The minimum atomic E-state index is -4.80. The summed E-state index contributed by atoms with van der Waals surface area (Å²) in [5.41, 5.74) is 1.55. The van der Waals surface area contributed by atoms with Crippen molar-refractivity contribution in [3.05, 3.63) is 47.4 Å². The van der Waals surface area contributed by atoms with Crippen LogP contribution in [0.15, 0.2) is 52.4 Å². The van der Waals surface area contributed by atoms with Crippen molar-refractivity contribution < 1.29 is 27.4 Å². The Morgan fingerprint density at radius 1 is 1.19 bits per heavy atom. The normalized spacial score (nSPS) is 18.0. The second-order valence-corrected chi connectivity index (χ2v) is 7.23. The van der Waals surface area contributed by atoms with E-state index in [1.165, 1.54) is 23.1 Å². The molecule has 0 fully saturated rings. The number of ether oxygens (including phenoxy) is 2. The van der Waals surface area contributed by atoms with Crippen LogP contribution >= 0.6 is 0 Å². The van der Waals surface area contributed by atoms with Crippen LogP contribution in [0.2, 0.25) is 0 Å². The lowest BCUT2D eigenvalue weighted by Gasteiger charge is -2.34. The number of amides is 2. The summed E-state index contributed by atoms with van der Waals surface area (Å²) in [5, 5.41) is 0. The molecule has 1 aromatic carbocycles. The summed E-state index contributed by atoms with van der Waals surface area (Å²) in [6.45, 7) is 7.68. The number of likely N-dealkylation sites (N-methyl/N-ethyl adjacent to an activating group) is 1. The third-order valence-corrected chi connectivity index (χ3v) is 4.88. The number of nitrogens with zero attached hydrogens (tertiary/aromatic N) is 3. The van der Waals surface area contributed by atoms with E-state index < -0.39 is 6.36 Å². The van der Waals surface area contributed by atoms with Crippen molar-refractivity contribution >= 4 is 11.9 Å². The third-order valence-electron chi connectivity index (χ3n) is 4.88. The number of hydrogen-bond acceptors (Lipinski definition) is 4. The Morgan fingerprint density at radius 3 is 2.42 bits per heavy atom. The highest BCUT2D eigenvalue weighted by Crippen LogP contribution is 2.30. The quantitative estimate of drug-likeness (QED) is 0.408. The molecule has 1 aliphatic rings. The van der Waals surface area contributed by atoms with Crippen LogP contribution in [0.1, 0.15) is 40.5 Å².